The Morgan fingerprint density at radius 2 is 1.61 bits per heavy atom. The van der Waals surface area contributed by atoms with Crippen molar-refractivity contribution in [1.29, 1.82) is 0 Å². The third-order valence-corrected chi connectivity index (χ3v) is 6.19. The summed E-state index contributed by atoms with van der Waals surface area (Å²) in [6.45, 7) is 2.13. The van der Waals surface area contributed by atoms with E-state index in [4.69, 9.17) is 0 Å². The molecular formula is C26H27F3N2O2. The van der Waals surface area contributed by atoms with Gasteiger partial charge >= 0.3 is 6.36 Å². The van der Waals surface area contributed by atoms with Crippen LogP contribution in [0.1, 0.15) is 54.6 Å². The predicted octanol–water partition coefficient (Wildman–Crippen LogP) is 6.13. The number of hydrogen-bond acceptors (Lipinski definition) is 3. The van der Waals surface area contributed by atoms with E-state index in [1.54, 1.807) is 0 Å². The molecule has 1 amide bonds. The number of ether oxygens (including phenoxy) is 1. The van der Waals surface area contributed by atoms with Gasteiger partial charge in [0.2, 0.25) is 0 Å². The molecule has 174 valence electrons. The van der Waals surface area contributed by atoms with Gasteiger partial charge in [0.25, 0.3) is 5.91 Å². The molecule has 0 aromatic heterocycles. The molecule has 1 aliphatic carbocycles. The molecule has 0 heterocycles. The lowest BCUT2D eigenvalue weighted by Gasteiger charge is -2.35. The Balaban J connectivity index is 1.43. The molecule has 7 heteroatoms. The van der Waals surface area contributed by atoms with Crippen LogP contribution >= 0.6 is 0 Å². The highest BCUT2D eigenvalue weighted by Gasteiger charge is 2.31. The third-order valence-electron chi connectivity index (χ3n) is 6.19. The molecule has 0 spiro atoms. The zero-order valence-electron chi connectivity index (χ0n) is 18.4. The summed E-state index contributed by atoms with van der Waals surface area (Å²) in [4.78, 5) is 12.8. The highest BCUT2D eigenvalue weighted by Crippen LogP contribution is 2.27. The van der Waals surface area contributed by atoms with Gasteiger partial charge < -0.3 is 15.4 Å². The molecule has 4 nitrogen and oxygen atoms in total. The van der Waals surface area contributed by atoms with Crippen LogP contribution in [-0.2, 0) is 0 Å². The fraction of sp³-hybridized carbons (Fsp3) is 0.346. The Bertz CT molecular complexity index is 1090. The van der Waals surface area contributed by atoms with E-state index in [2.05, 4.69) is 52.6 Å². The number of halogens is 3. The van der Waals surface area contributed by atoms with E-state index < -0.39 is 6.36 Å². The lowest BCUT2D eigenvalue weighted by molar-refractivity contribution is -0.274. The minimum absolute atomic E-state index is 0.0604. The first-order valence-corrected chi connectivity index (χ1v) is 11.2. The van der Waals surface area contributed by atoms with E-state index in [-0.39, 0.29) is 29.8 Å². The van der Waals surface area contributed by atoms with Crippen LogP contribution in [0.5, 0.6) is 5.75 Å². The fourth-order valence-electron chi connectivity index (χ4n) is 4.60. The summed E-state index contributed by atoms with van der Waals surface area (Å²) in [5.74, 6) is -0.648. The zero-order chi connectivity index (χ0) is 23.4. The van der Waals surface area contributed by atoms with Crippen LogP contribution in [-0.4, -0.2) is 24.4 Å². The molecule has 1 saturated carbocycles. The summed E-state index contributed by atoms with van der Waals surface area (Å²) in [7, 11) is 0. The molecule has 3 aromatic rings. The second kappa shape index (κ2) is 9.83. The van der Waals surface area contributed by atoms with E-state index in [0.717, 1.165) is 37.8 Å². The lowest BCUT2D eigenvalue weighted by Crippen LogP contribution is -2.52. The first-order chi connectivity index (χ1) is 15.8. The van der Waals surface area contributed by atoms with Crippen molar-refractivity contribution in [2.45, 2.75) is 57.1 Å². The van der Waals surface area contributed by atoms with Crippen LogP contribution in [0, 0.1) is 0 Å². The number of hydrogen-bond donors (Lipinski definition) is 2. The molecule has 1 fully saturated rings. The summed E-state index contributed by atoms with van der Waals surface area (Å²) in [6, 6.07) is 19.7. The normalized spacial score (nSPS) is 19.8. The maximum absolute atomic E-state index is 12.8. The van der Waals surface area contributed by atoms with Crippen molar-refractivity contribution in [2.24, 2.45) is 0 Å². The first kappa shape index (κ1) is 23.1. The number of benzene rings is 3. The molecule has 0 aliphatic heterocycles. The van der Waals surface area contributed by atoms with Crippen LogP contribution in [0.15, 0.2) is 66.7 Å². The van der Waals surface area contributed by atoms with Crippen LogP contribution in [0.2, 0.25) is 0 Å². The number of alkyl halides is 3. The van der Waals surface area contributed by atoms with Gasteiger partial charge in [-0.05, 0) is 60.4 Å². The van der Waals surface area contributed by atoms with Gasteiger partial charge in [-0.15, -0.1) is 13.2 Å². The molecule has 0 unspecified atom stereocenters. The molecule has 0 bridgehead atoms. The Kier molecular flexibility index (Phi) is 6.88. The quantitative estimate of drug-likeness (QED) is 0.469. The minimum Gasteiger partial charge on any atom is -0.406 e. The maximum Gasteiger partial charge on any atom is 0.573 e. The van der Waals surface area contributed by atoms with Crippen molar-refractivity contribution in [1.82, 2.24) is 10.6 Å². The number of carbonyl (C=O) groups is 1. The smallest absolute Gasteiger partial charge is 0.406 e. The van der Waals surface area contributed by atoms with Gasteiger partial charge in [0.1, 0.15) is 5.75 Å². The molecule has 3 atom stereocenters. The standard InChI is InChI=1S/C26H27F3N2O2/c1-17(21-10-6-8-18-7-2-3-9-22(18)21)30-23-11-4-5-12-24(23)31-25(32)19-13-15-20(16-14-19)33-26(27,28)29/h2-3,6-10,13-17,23-24,30H,4-5,11-12H2,1H3,(H,31,32)/t17-,23-,24-/m1/s1. The predicted molar refractivity (Wildman–Crippen MR) is 122 cm³/mol. The number of rotatable bonds is 6. The van der Waals surface area contributed by atoms with Gasteiger partial charge in [-0.2, -0.15) is 0 Å². The van der Waals surface area contributed by atoms with Gasteiger partial charge in [-0.25, -0.2) is 0 Å². The molecule has 4 rings (SSSR count). The Labute approximate surface area is 191 Å². The highest BCUT2D eigenvalue weighted by molar-refractivity contribution is 5.94. The monoisotopic (exact) mass is 456 g/mol. The van der Waals surface area contributed by atoms with Gasteiger partial charge in [0.05, 0.1) is 0 Å². The van der Waals surface area contributed by atoms with Crippen LogP contribution < -0.4 is 15.4 Å². The van der Waals surface area contributed by atoms with E-state index >= 15 is 0 Å². The Morgan fingerprint density at radius 3 is 2.33 bits per heavy atom. The summed E-state index contributed by atoms with van der Waals surface area (Å²) in [6.07, 6.45) is -0.870. The van der Waals surface area contributed by atoms with E-state index in [0.29, 0.717) is 5.56 Å². The SMILES string of the molecule is C[C@@H](N[C@@H]1CCCC[C@H]1NC(=O)c1ccc(OC(F)(F)F)cc1)c1cccc2ccccc12. The van der Waals surface area contributed by atoms with Gasteiger partial charge in [0.15, 0.2) is 0 Å². The van der Waals surface area contributed by atoms with Crippen molar-refractivity contribution in [3.63, 3.8) is 0 Å². The molecule has 0 saturated heterocycles. The van der Waals surface area contributed by atoms with Crippen molar-refractivity contribution < 1.29 is 22.7 Å². The van der Waals surface area contributed by atoms with Crippen molar-refractivity contribution in [3.05, 3.63) is 77.9 Å². The van der Waals surface area contributed by atoms with Gasteiger partial charge in [0, 0.05) is 23.7 Å². The maximum atomic E-state index is 12.8. The molecule has 3 aromatic carbocycles. The average molecular weight is 457 g/mol. The molecule has 0 radical (unpaired) electrons. The molecule has 2 N–H and O–H groups in total. The van der Waals surface area contributed by atoms with Gasteiger partial charge in [-0.1, -0.05) is 55.3 Å². The summed E-state index contributed by atoms with van der Waals surface area (Å²) in [5, 5.41) is 9.19. The summed E-state index contributed by atoms with van der Waals surface area (Å²) >= 11 is 0. The second-order valence-corrected chi connectivity index (χ2v) is 8.50. The molecule has 33 heavy (non-hydrogen) atoms. The highest BCUT2D eigenvalue weighted by atomic mass is 19.4. The van der Waals surface area contributed by atoms with Crippen LogP contribution in [0.25, 0.3) is 10.8 Å². The minimum atomic E-state index is -4.76. The lowest BCUT2D eigenvalue weighted by atomic mass is 9.88. The van der Waals surface area contributed by atoms with Crippen molar-refractivity contribution >= 4 is 16.7 Å². The van der Waals surface area contributed by atoms with Gasteiger partial charge in [-0.3, -0.25) is 4.79 Å². The Hall–Kier alpha value is -3.06. The number of amides is 1. The largest absolute Gasteiger partial charge is 0.573 e. The van der Waals surface area contributed by atoms with E-state index in [1.807, 2.05) is 12.1 Å². The van der Waals surface area contributed by atoms with Crippen LogP contribution in [0.3, 0.4) is 0 Å². The van der Waals surface area contributed by atoms with Crippen molar-refractivity contribution in [2.75, 3.05) is 0 Å². The Morgan fingerprint density at radius 1 is 0.939 bits per heavy atom. The topological polar surface area (TPSA) is 50.4 Å². The number of carbonyl (C=O) groups excluding carboxylic acids is 1. The van der Waals surface area contributed by atoms with Crippen LogP contribution in [0.4, 0.5) is 13.2 Å². The average Bonchev–Trinajstić information content (AvgIpc) is 2.79. The summed E-state index contributed by atoms with van der Waals surface area (Å²) < 4.78 is 40.9. The van der Waals surface area contributed by atoms with E-state index in [1.165, 1.54) is 28.5 Å². The molecule has 1 aliphatic rings. The van der Waals surface area contributed by atoms with E-state index in [9.17, 15) is 18.0 Å². The molecular weight excluding hydrogens is 429 g/mol. The fourth-order valence-corrected chi connectivity index (χ4v) is 4.60. The second-order valence-electron chi connectivity index (χ2n) is 8.50. The number of fused-ring (bicyclic) bond motifs is 1. The van der Waals surface area contributed by atoms with Crippen molar-refractivity contribution in [3.8, 4) is 5.75 Å². The third kappa shape index (κ3) is 5.85. The summed E-state index contributed by atoms with van der Waals surface area (Å²) in [5.41, 5.74) is 1.51. The first-order valence-electron chi connectivity index (χ1n) is 11.2. The number of nitrogens with one attached hydrogen (secondary N) is 2. The zero-order valence-corrected chi connectivity index (χ0v) is 18.4.